The molecule has 0 heterocycles. The smallest absolute Gasteiger partial charge is 0.340 e. The van der Waals surface area contributed by atoms with Gasteiger partial charge in [-0.2, -0.15) is 0 Å². The van der Waals surface area contributed by atoms with Crippen LogP contribution in [0.3, 0.4) is 0 Å². The molecule has 3 N–H and O–H groups in total. The normalized spacial score (nSPS) is 11.9. The number of nitrogens with one attached hydrogen (secondary N) is 1. The molecule has 0 saturated carbocycles. The van der Waals surface area contributed by atoms with E-state index in [1.807, 2.05) is 6.92 Å². The molecule has 0 fully saturated rings. The second kappa shape index (κ2) is 7.68. The molecule has 5 nitrogen and oxygen atoms in total. The Morgan fingerprint density at radius 3 is 2.52 bits per heavy atom. The van der Waals surface area contributed by atoms with Crippen LogP contribution in [0.4, 0.5) is 14.5 Å². The average molecular weight is 300 g/mol. The van der Waals surface area contributed by atoms with Crippen molar-refractivity contribution in [2.45, 2.75) is 19.8 Å². The number of carbonyl (C=O) groups excluding carboxylic acids is 2. The van der Waals surface area contributed by atoms with E-state index in [9.17, 15) is 18.4 Å². The number of hydrogen-bond donors (Lipinski definition) is 2. The van der Waals surface area contributed by atoms with Gasteiger partial charge in [0.25, 0.3) is 0 Å². The topological polar surface area (TPSA) is 81.4 Å². The van der Waals surface area contributed by atoms with E-state index in [1.165, 1.54) is 0 Å². The zero-order valence-electron chi connectivity index (χ0n) is 11.9. The molecule has 1 amide bonds. The summed E-state index contributed by atoms with van der Waals surface area (Å²) in [6.45, 7) is 2.22. The van der Waals surface area contributed by atoms with Crippen LogP contribution in [0.25, 0.3) is 0 Å². The minimum absolute atomic E-state index is 0.0198. The molecule has 1 unspecified atom stereocenters. The van der Waals surface area contributed by atoms with Crippen molar-refractivity contribution in [1.29, 1.82) is 0 Å². The van der Waals surface area contributed by atoms with E-state index in [0.717, 1.165) is 13.2 Å². The number of benzene rings is 1. The SMILES string of the molecule is CCC(CN)CC(=O)Nc1cc(C(=O)OC)c(F)cc1F. The van der Waals surface area contributed by atoms with Crippen LogP contribution in [0, 0.1) is 17.6 Å². The number of amides is 1. The minimum atomic E-state index is -1.05. The fraction of sp³-hybridized carbons (Fsp3) is 0.429. The highest BCUT2D eigenvalue weighted by atomic mass is 19.1. The van der Waals surface area contributed by atoms with Crippen LogP contribution < -0.4 is 11.1 Å². The maximum absolute atomic E-state index is 13.6. The van der Waals surface area contributed by atoms with Crippen LogP contribution in [0.1, 0.15) is 30.1 Å². The number of carbonyl (C=O) groups is 2. The molecule has 0 aliphatic heterocycles. The predicted molar refractivity (Wildman–Crippen MR) is 73.8 cm³/mol. The Morgan fingerprint density at radius 1 is 1.33 bits per heavy atom. The average Bonchev–Trinajstić information content (AvgIpc) is 2.46. The molecule has 0 radical (unpaired) electrons. The van der Waals surface area contributed by atoms with Crippen LogP contribution >= 0.6 is 0 Å². The summed E-state index contributed by atoms with van der Waals surface area (Å²) in [5.74, 6) is -3.43. The van der Waals surface area contributed by atoms with Crippen molar-refractivity contribution in [3.05, 3.63) is 29.3 Å². The molecule has 0 saturated heterocycles. The van der Waals surface area contributed by atoms with Gasteiger partial charge in [0.15, 0.2) is 0 Å². The van der Waals surface area contributed by atoms with E-state index in [4.69, 9.17) is 5.73 Å². The summed E-state index contributed by atoms with van der Waals surface area (Å²) in [6, 6.07) is 1.44. The first kappa shape index (κ1) is 17.0. The van der Waals surface area contributed by atoms with Gasteiger partial charge < -0.3 is 15.8 Å². The maximum Gasteiger partial charge on any atom is 0.340 e. The van der Waals surface area contributed by atoms with Gasteiger partial charge in [-0.1, -0.05) is 13.3 Å². The summed E-state index contributed by atoms with van der Waals surface area (Å²) < 4.78 is 31.5. The van der Waals surface area contributed by atoms with Crippen LogP contribution in [0.5, 0.6) is 0 Å². The highest BCUT2D eigenvalue weighted by Crippen LogP contribution is 2.21. The van der Waals surface area contributed by atoms with E-state index in [-0.39, 0.29) is 18.0 Å². The molecule has 21 heavy (non-hydrogen) atoms. The summed E-state index contributed by atoms with van der Waals surface area (Å²) in [7, 11) is 1.08. The molecular formula is C14H18F2N2O3. The molecule has 1 rings (SSSR count). The summed E-state index contributed by atoms with van der Waals surface area (Å²) in [5.41, 5.74) is 4.78. The van der Waals surface area contributed by atoms with Gasteiger partial charge >= 0.3 is 5.97 Å². The minimum Gasteiger partial charge on any atom is -0.465 e. The van der Waals surface area contributed by atoms with Crippen LogP contribution in [0.15, 0.2) is 12.1 Å². The molecule has 1 atom stereocenters. The first-order chi connectivity index (χ1) is 9.92. The van der Waals surface area contributed by atoms with E-state index in [1.54, 1.807) is 0 Å². The lowest BCUT2D eigenvalue weighted by Crippen LogP contribution is -2.22. The lowest BCUT2D eigenvalue weighted by molar-refractivity contribution is -0.117. The Bertz CT molecular complexity index is 531. The van der Waals surface area contributed by atoms with Crippen molar-refractivity contribution in [2.75, 3.05) is 19.0 Å². The van der Waals surface area contributed by atoms with Gasteiger partial charge in [-0.3, -0.25) is 4.79 Å². The molecule has 1 aromatic rings. The third kappa shape index (κ3) is 4.49. The van der Waals surface area contributed by atoms with Gasteiger partial charge in [-0.15, -0.1) is 0 Å². The van der Waals surface area contributed by atoms with Gasteiger partial charge in [0.2, 0.25) is 5.91 Å². The number of halogens is 2. The molecule has 7 heteroatoms. The van der Waals surface area contributed by atoms with Crippen molar-refractivity contribution >= 4 is 17.6 Å². The van der Waals surface area contributed by atoms with Gasteiger partial charge in [0.05, 0.1) is 18.4 Å². The number of rotatable bonds is 6. The summed E-state index contributed by atoms with van der Waals surface area (Å²) in [4.78, 5) is 23.1. The Balaban J connectivity index is 2.93. The maximum atomic E-state index is 13.6. The highest BCUT2D eigenvalue weighted by Gasteiger charge is 2.18. The van der Waals surface area contributed by atoms with E-state index < -0.39 is 29.1 Å². The monoisotopic (exact) mass is 300 g/mol. The lowest BCUT2D eigenvalue weighted by atomic mass is 10.0. The molecule has 0 aromatic heterocycles. The van der Waals surface area contributed by atoms with Gasteiger partial charge in [0, 0.05) is 12.5 Å². The van der Waals surface area contributed by atoms with E-state index in [2.05, 4.69) is 10.1 Å². The summed E-state index contributed by atoms with van der Waals surface area (Å²) in [5, 5.41) is 2.31. The third-order valence-electron chi connectivity index (χ3n) is 3.12. The molecule has 116 valence electrons. The molecule has 0 bridgehead atoms. The molecular weight excluding hydrogens is 282 g/mol. The number of nitrogens with two attached hydrogens (primary N) is 1. The fourth-order valence-corrected chi connectivity index (χ4v) is 1.77. The first-order valence-corrected chi connectivity index (χ1v) is 6.50. The zero-order valence-corrected chi connectivity index (χ0v) is 11.9. The van der Waals surface area contributed by atoms with Crippen molar-refractivity contribution < 1.29 is 23.1 Å². The van der Waals surface area contributed by atoms with Crippen molar-refractivity contribution in [3.8, 4) is 0 Å². The molecule has 1 aromatic carbocycles. The predicted octanol–water partition coefficient (Wildman–Crippen LogP) is 2.06. The molecule has 0 spiro atoms. The number of esters is 1. The van der Waals surface area contributed by atoms with Crippen molar-refractivity contribution in [3.63, 3.8) is 0 Å². The third-order valence-corrected chi connectivity index (χ3v) is 3.12. The van der Waals surface area contributed by atoms with Crippen LogP contribution in [-0.4, -0.2) is 25.5 Å². The van der Waals surface area contributed by atoms with E-state index >= 15 is 0 Å². The van der Waals surface area contributed by atoms with Crippen molar-refractivity contribution in [2.24, 2.45) is 11.7 Å². The number of hydrogen-bond acceptors (Lipinski definition) is 4. The molecule has 0 aliphatic carbocycles. The lowest BCUT2D eigenvalue weighted by Gasteiger charge is -2.13. The Hall–Kier alpha value is -2.02. The summed E-state index contributed by atoms with van der Waals surface area (Å²) >= 11 is 0. The second-order valence-electron chi connectivity index (χ2n) is 4.57. The van der Waals surface area contributed by atoms with E-state index in [0.29, 0.717) is 19.0 Å². The summed E-state index contributed by atoms with van der Waals surface area (Å²) in [6.07, 6.45) is 0.834. The van der Waals surface area contributed by atoms with Crippen LogP contribution in [0.2, 0.25) is 0 Å². The van der Waals surface area contributed by atoms with Crippen LogP contribution in [-0.2, 0) is 9.53 Å². The van der Waals surface area contributed by atoms with Gasteiger partial charge in [-0.05, 0) is 18.5 Å². The van der Waals surface area contributed by atoms with Gasteiger partial charge in [-0.25, -0.2) is 13.6 Å². The number of ether oxygens (including phenoxy) is 1. The highest BCUT2D eigenvalue weighted by molar-refractivity contribution is 5.94. The second-order valence-corrected chi connectivity index (χ2v) is 4.57. The quantitative estimate of drug-likeness (QED) is 0.788. The zero-order chi connectivity index (χ0) is 16.0. The Labute approximate surface area is 121 Å². The standard InChI is InChI=1S/C14H18F2N2O3/c1-3-8(7-17)4-13(19)18-12-5-9(14(20)21-2)10(15)6-11(12)16/h5-6,8H,3-4,7,17H2,1-2H3,(H,18,19). The number of anilines is 1. The Morgan fingerprint density at radius 2 is 2.00 bits per heavy atom. The molecule has 0 aliphatic rings. The van der Waals surface area contributed by atoms with Gasteiger partial charge in [0.1, 0.15) is 11.6 Å². The Kier molecular flexibility index (Phi) is 6.23. The fourth-order valence-electron chi connectivity index (χ4n) is 1.77. The first-order valence-electron chi connectivity index (χ1n) is 6.50. The largest absolute Gasteiger partial charge is 0.465 e. The van der Waals surface area contributed by atoms with Crippen molar-refractivity contribution in [1.82, 2.24) is 0 Å². The number of methoxy groups -OCH3 is 1.